The molecule has 20 heavy (non-hydrogen) atoms. The number of methoxy groups -OCH3 is 1. The summed E-state index contributed by atoms with van der Waals surface area (Å²) in [6.07, 6.45) is 2.23. The van der Waals surface area contributed by atoms with Gasteiger partial charge < -0.3 is 19.9 Å². The van der Waals surface area contributed by atoms with Crippen LogP contribution in [-0.2, 0) is 24.3 Å². The number of nitrogen functional groups attached to an aromatic ring is 1. The van der Waals surface area contributed by atoms with Gasteiger partial charge in [0.25, 0.3) is 0 Å². The summed E-state index contributed by atoms with van der Waals surface area (Å²) in [4.78, 5) is 2.33. The number of aromatic nitrogens is 1. The Labute approximate surface area is 118 Å². The maximum Gasteiger partial charge on any atom is 0.162 e. The Balaban J connectivity index is 1.78. The van der Waals surface area contributed by atoms with Gasteiger partial charge in [0.05, 0.1) is 6.54 Å². The van der Waals surface area contributed by atoms with Crippen LogP contribution in [0, 0.1) is 0 Å². The molecule has 0 aliphatic carbocycles. The lowest BCUT2D eigenvalue weighted by Crippen LogP contribution is -2.28. The fourth-order valence-corrected chi connectivity index (χ4v) is 2.70. The van der Waals surface area contributed by atoms with E-state index in [0.717, 1.165) is 43.1 Å². The van der Waals surface area contributed by atoms with E-state index in [1.165, 1.54) is 11.3 Å². The summed E-state index contributed by atoms with van der Waals surface area (Å²) in [5.41, 5.74) is 10.2. The van der Waals surface area contributed by atoms with Crippen molar-refractivity contribution in [3.8, 4) is 0 Å². The molecule has 2 aromatic rings. The van der Waals surface area contributed by atoms with Gasteiger partial charge in [-0.1, -0.05) is 5.16 Å². The van der Waals surface area contributed by atoms with Crippen LogP contribution in [0.15, 0.2) is 28.8 Å². The minimum Gasteiger partial charge on any atom is -0.399 e. The second-order valence-corrected chi connectivity index (χ2v) is 5.13. The third-order valence-electron chi connectivity index (χ3n) is 3.57. The molecule has 5 heteroatoms. The standard InChI is InChI=1S/C15H19N3O2/c1-19-10-14-8-13(17-20-14)9-18-6-2-3-11-7-12(16)4-5-15(11)18/h4-5,7-8H,2-3,6,9-10,16H2,1H3. The van der Waals surface area contributed by atoms with Gasteiger partial charge in [-0.25, -0.2) is 0 Å². The van der Waals surface area contributed by atoms with Crippen LogP contribution >= 0.6 is 0 Å². The molecule has 3 rings (SSSR count). The summed E-state index contributed by atoms with van der Waals surface area (Å²) in [5.74, 6) is 0.761. The van der Waals surface area contributed by atoms with Crippen LogP contribution in [0.2, 0.25) is 0 Å². The Morgan fingerprint density at radius 2 is 2.30 bits per heavy atom. The van der Waals surface area contributed by atoms with Gasteiger partial charge >= 0.3 is 0 Å². The first-order chi connectivity index (χ1) is 9.76. The number of rotatable bonds is 4. The number of hydrogen-bond acceptors (Lipinski definition) is 5. The average Bonchev–Trinajstić information content (AvgIpc) is 2.86. The topological polar surface area (TPSA) is 64.5 Å². The molecular weight excluding hydrogens is 254 g/mol. The van der Waals surface area contributed by atoms with Crippen molar-refractivity contribution in [2.45, 2.75) is 26.0 Å². The molecule has 0 bridgehead atoms. The second-order valence-electron chi connectivity index (χ2n) is 5.13. The molecule has 0 amide bonds. The molecule has 0 saturated carbocycles. The van der Waals surface area contributed by atoms with Gasteiger partial charge in [0.15, 0.2) is 5.76 Å². The van der Waals surface area contributed by atoms with Crippen molar-refractivity contribution in [1.82, 2.24) is 5.16 Å². The Morgan fingerprint density at radius 3 is 3.15 bits per heavy atom. The highest BCUT2D eigenvalue weighted by atomic mass is 16.5. The predicted octanol–water partition coefficient (Wildman–Crippen LogP) is 2.36. The van der Waals surface area contributed by atoms with E-state index in [2.05, 4.69) is 22.2 Å². The highest BCUT2D eigenvalue weighted by Gasteiger charge is 2.18. The lowest BCUT2D eigenvalue weighted by molar-refractivity contribution is 0.156. The van der Waals surface area contributed by atoms with E-state index in [9.17, 15) is 0 Å². The number of hydrogen-bond donors (Lipinski definition) is 1. The van der Waals surface area contributed by atoms with Crippen molar-refractivity contribution in [3.05, 3.63) is 41.3 Å². The first-order valence-corrected chi connectivity index (χ1v) is 6.83. The number of nitrogens with zero attached hydrogens (tertiary/aromatic N) is 2. The van der Waals surface area contributed by atoms with E-state index in [4.69, 9.17) is 15.0 Å². The van der Waals surface area contributed by atoms with Crippen LogP contribution in [0.4, 0.5) is 11.4 Å². The van der Waals surface area contributed by atoms with Gasteiger partial charge in [-0.15, -0.1) is 0 Å². The summed E-state index contributed by atoms with van der Waals surface area (Å²) in [6.45, 7) is 2.24. The Morgan fingerprint density at radius 1 is 1.40 bits per heavy atom. The maximum atomic E-state index is 5.86. The fourth-order valence-electron chi connectivity index (χ4n) is 2.70. The van der Waals surface area contributed by atoms with Crippen molar-refractivity contribution in [1.29, 1.82) is 0 Å². The summed E-state index contributed by atoms with van der Waals surface area (Å²) >= 11 is 0. The molecular formula is C15H19N3O2. The van der Waals surface area contributed by atoms with Gasteiger partial charge in [-0.2, -0.15) is 0 Å². The van der Waals surface area contributed by atoms with Crippen LogP contribution in [0.25, 0.3) is 0 Å². The molecule has 0 spiro atoms. The molecule has 1 aromatic carbocycles. The van der Waals surface area contributed by atoms with Gasteiger partial charge in [-0.05, 0) is 36.6 Å². The molecule has 2 heterocycles. The lowest BCUT2D eigenvalue weighted by Gasteiger charge is -2.30. The van der Waals surface area contributed by atoms with E-state index in [-0.39, 0.29) is 0 Å². The van der Waals surface area contributed by atoms with E-state index >= 15 is 0 Å². The minimum atomic E-state index is 0.458. The van der Waals surface area contributed by atoms with Gasteiger partial charge in [0.2, 0.25) is 0 Å². The van der Waals surface area contributed by atoms with Crippen molar-refractivity contribution in [2.75, 3.05) is 24.3 Å². The average molecular weight is 273 g/mol. The Kier molecular flexibility index (Phi) is 3.60. The van der Waals surface area contributed by atoms with Crippen molar-refractivity contribution in [3.63, 3.8) is 0 Å². The largest absolute Gasteiger partial charge is 0.399 e. The third-order valence-corrected chi connectivity index (χ3v) is 3.57. The van der Waals surface area contributed by atoms with Crippen LogP contribution in [-0.4, -0.2) is 18.8 Å². The molecule has 5 nitrogen and oxygen atoms in total. The van der Waals surface area contributed by atoms with E-state index in [1.54, 1.807) is 7.11 Å². The molecule has 0 radical (unpaired) electrons. The molecule has 0 fully saturated rings. The fraction of sp³-hybridized carbons (Fsp3) is 0.400. The molecule has 0 unspecified atom stereocenters. The second kappa shape index (κ2) is 5.54. The number of aryl methyl sites for hydroxylation is 1. The predicted molar refractivity (Wildman–Crippen MR) is 77.4 cm³/mol. The third kappa shape index (κ3) is 2.63. The monoisotopic (exact) mass is 273 g/mol. The van der Waals surface area contributed by atoms with Gasteiger partial charge in [-0.3, -0.25) is 0 Å². The molecule has 0 saturated heterocycles. The molecule has 1 aromatic heterocycles. The molecule has 106 valence electrons. The highest BCUT2D eigenvalue weighted by molar-refractivity contribution is 5.61. The first kappa shape index (κ1) is 13.0. The zero-order valence-electron chi connectivity index (χ0n) is 11.6. The Hall–Kier alpha value is -2.01. The smallest absolute Gasteiger partial charge is 0.162 e. The normalized spacial score (nSPS) is 14.3. The molecule has 0 atom stereocenters. The van der Waals surface area contributed by atoms with Crippen molar-refractivity contribution in [2.24, 2.45) is 0 Å². The number of benzene rings is 1. The summed E-state index contributed by atoms with van der Waals surface area (Å²) < 4.78 is 10.3. The zero-order chi connectivity index (χ0) is 13.9. The maximum absolute atomic E-state index is 5.86. The molecule has 1 aliphatic rings. The quantitative estimate of drug-likeness (QED) is 0.866. The molecule has 1 aliphatic heterocycles. The number of anilines is 2. The van der Waals surface area contributed by atoms with Crippen LogP contribution in [0.3, 0.4) is 0 Å². The summed E-state index contributed by atoms with van der Waals surface area (Å²) in [5, 5.41) is 4.10. The number of fused-ring (bicyclic) bond motifs is 1. The van der Waals surface area contributed by atoms with E-state index < -0.39 is 0 Å². The van der Waals surface area contributed by atoms with E-state index in [1.807, 2.05) is 12.1 Å². The first-order valence-electron chi connectivity index (χ1n) is 6.83. The minimum absolute atomic E-state index is 0.458. The number of nitrogens with two attached hydrogens (primary N) is 1. The van der Waals surface area contributed by atoms with E-state index in [0.29, 0.717) is 6.61 Å². The van der Waals surface area contributed by atoms with Crippen LogP contribution in [0.5, 0.6) is 0 Å². The molecule has 2 N–H and O–H groups in total. The summed E-state index contributed by atoms with van der Waals surface area (Å²) in [7, 11) is 1.65. The Bertz CT molecular complexity index is 595. The highest BCUT2D eigenvalue weighted by Crippen LogP contribution is 2.29. The lowest BCUT2D eigenvalue weighted by atomic mass is 10.0. The van der Waals surface area contributed by atoms with Gasteiger partial charge in [0.1, 0.15) is 12.3 Å². The SMILES string of the molecule is COCc1cc(CN2CCCc3cc(N)ccc32)no1. The van der Waals surface area contributed by atoms with Crippen molar-refractivity contribution < 1.29 is 9.26 Å². The zero-order valence-corrected chi connectivity index (χ0v) is 11.6. The summed E-state index contributed by atoms with van der Waals surface area (Å²) in [6, 6.07) is 8.08. The number of ether oxygens (including phenoxy) is 1. The van der Waals surface area contributed by atoms with Crippen LogP contribution < -0.4 is 10.6 Å². The van der Waals surface area contributed by atoms with Gasteiger partial charge in [0, 0.05) is 31.1 Å². The van der Waals surface area contributed by atoms with Crippen molar-refractivity contribution >= 4 is 11.4 Å². The van der Waals surface area contributed by atoms with Crippen LogP contribution in [0.1, 0.15) is 23.4 Å².